The predicted octanol–water partition coefficient (Wildman–Crippen LogP) is 3.40. The Balaban J connectivity index is 1.42. The van der Waals surface area contributed by atoms with E-state index in [0.717, 1.165) is 25.2 Å². The van der Waals surface area contributed by atoms with Gasteiger partial charge in [0.15, 0.2) is 11.5 Å². The summed E-state index contributed by atoms with van der Waals surface area (Å²) in [6.45, 7) is 4.82. The summed E-state index contributed by atoms with van der Waals surface area (Å²) in [5.41, 5.74) is 3.56. The van der Waals surface area contributed by atoms with Gasteiger partial charge in [-0.1, -0.05) is 12.1 Å². The van der Waals surface area contributed by atoms with Crippen LogP contribution in [-0.2, 0) is 13.0 Å². The quantitative estimate of drug-likeness (QED) is 0.441. The topological polar surface area (TPSA) is 92.9 Å². The number of aromatic nitrogens is 5. The molecule has 1 saturated heterocycles. The first-order valence-corrected chi connectivity index (χ1v) is 12.0. The molecule has 0 amide bonds. The van der Waals surface area contributed by atoms with Crippen molar-refractivity contribution in [3.63, 3.8) is 0 Å². The molecule has 3 aromatic heterocycles. The number of fused-ring (bicyclic) bond motifs is 2. The second-order valence-electron chi connectivity index (χ2n) is 9.59. The molecule has 0 saturated carbocycles. The molecule has 2 N–H and O–H groups in total. The maximum absolute atomic E-state index is 13.4. The number of alkyl halides is 2. The van der Waals surface area contributed by atoms with Crippen LogP contribution in [0.15, 0.2) is 47.4 Å². The molecule has 0 unspecified atom stereocenters. The molecule has 2 aliphatic heterocycles. The predicted molar refractivity (Wildman–Crippen MR) is 134 cm³/mol. The van der Waals surface area contributed by atoms with Crippen LogP contribution in [0.5, 0.6) is 0 Å². The van der Waals surface area contributed by atoms with Gasteiger partial charge in [0, 0.05) is 24.5 Å². The summed E-state index contributed by atoms with van der Waals surface area (Å²) in [7, 11) is 0. The van der Waals surface area contributed by atoms with E-state index in [1.807, 2.05) is 19.9 Å². The molecule has 2 aliphatic rings. The van der Waals surface area contributed by atoms with Crippen molar-refractivity contribution in [2.75, 3.05) is 29.9 Å². The Morgan fingerprint density at radius 2 is 1.89 bits per heavy atom. The van der Waals surface area contributed by atoms with Crippen molar-refractivity contribution in [1.29, 1.82) is 0 Å². The molecule has 36 heavy (non-hydrogen) atoms. The van der Waals surface area contributed by atoms with Crippen LogP contribution in [0.1, 0.15) is 31.0 Å². The summed E-state index contributed by atoms with van der Waals surface area (Å²) in [4.78, 5) is 28.5. The van der Waals surface area contributed by atoms with Gasteiger partial charge in [-0.15, -0.1) is 0 Å². The Bertz CT molecular complexity index is 1520. The molecule has 1 fully saturated rings. The maximum atomic E-state index is 13.4. The lowest BCUT2D eigenvalue weighted by Gasteiger charge is -2.39. The van der Waals surface area contributed by atoms with Crippen molar-refractivity contribution in [1.82, 2.24) is 29.6 Å². The van der Waals surface area contributed by atoms with Crippen LogP contribution < -0.4 is 21.1 Å². The summed E-state index contributed by atoms with van der Waals surface area (Å²) in [6.07, 6.45) is 2.51. The highest BCUT2D eigenvalue weighted by atomic mass is 19.3. The SMILES string of the molecule is CC(C)n1c(=O)c2cnc(Nc3ccc4c(c3)CNCC4)nc2n1-c1cccc(N2CC(F)(F)C2)n1. The Morgan fingerprint density at radius 3 is 2.67 bits per heavy atom. The average molecular weight is 493 g/mol. The zero-order valence-electron chi connectivity index (χ0n) is 20.0. The Hall–Kier alpha value is -3.86. The highest BCUT2D eigenvalue weighted by Crippen LogP contribution is 2.31. The van der Waals surface area contributed by atoms with E-state index < -0.39 is 5.92 Å². The van der Waals surface area contributed by atoms with Gasteiger partial charge in [-0.05, 0) is 62.2 Å². The summed E-state index contributed by atoms with van der Waals surface area (Å²) in [6, 6.07) is 11.2. The van der Waals surface area contributed by atoms with Crippen LogP contribution in [0.4, 0.5) is 26.2 Å². The van der Waals surface area contributed by atoms with Crippen molar-refractivity contribution >= 4 is 28.5 Å². The summed E-state index contributed by atoms with van der Waals surface area (Å²) >= 11 is 0. The van der Waals surface area contributed by atoms with E-state index in [-0.39, 0.29) is 24.7 Å². The Morgan fingerprint density at radius 1 is 1.08 bits per heavy atom. The highest BCUT2D eigenvalue weighted by molar-refractivity contribution is 5.77. The number of pyridine rings is 1. The molecule has 0 spiro atoms. The molecule has 0 bridgehead atoms. The van der Waals surface area contributed by atoms with E-state index in [1.165, 1.54) is 22.2 Å². The van der Waals surface area contributed by atoms with Gasteiger partial charge in [0.25, 0.3) is 11.5 Å². The molecule has 9 nitrogen and oxygen atoms in total. The van der Waals surface area contributed by atoms with E-state index in [0.29, 0.717) is 28.6 Å². The lowest BCUT2D eigenvalue weighted by Crippen LogP contribution is -2.56. The summed E-state index contributed by atoms with van der Waals surface area (Å²) in [5.74, 6) is -1.51. The number of hydrogen-bond acceptors (Lipinski definition) is 7. The van der Waals surface area contributed by atoms with Crippen molar-refractivity contribution in [2.24, 2.45) is 0 Å². The normalized spacial score (nSPS) is 16.8. The maximum Gasteiger partial charge on any atom is 0.282 e. The summed E-state index contributed by atoms with van der Waals surface area (Å²) in [5, 5.41) is 6.98. The number of rotatable bonds is 5. The first-order chi connectivity index (χ1) is 17.3. The molecule has 186 valence electrons. The highest BCUT2D eigenvalue weighted by Gasteiger charge is 2.44. The van der Waals surface area contributed by atoms with E-state index in [1.54, 1.807) is 27.6 Å². The first-order valence-electron chi connectivity index (χ1n) is 12.0. The third-order valence-corrected chi connectivity index (χ3v) is 6.57. The van der Waals surface area contributed by atoms with Gasteiger partial charge >= 0.3 is 0 Å². The summed E-state index contributed by atoms with van der Waals surface area (Å²) < 4.78 is 30.1. The standard InChI is InChI=1S/C25H26F2N8O/c1-15(2)34-23(36)19-12-29-24(30-18-7-6-16-8-9-28-11-17(16)10-18)32-22(19)35(34)21-5-3-4-20(31-21)33-13-25(26,27)14-33/h3-7,10,12,15,28H,8-9,11,13-14H2,1-2H3,(H,29,30,32). The van der Waals surface area contributed by atoms with Gasteiger partial charge < -0.3 is 15.5 Å². The Kier molecular flexibility index (Phi) is 5.25. The second-order valence-corrected chi connectivity index (χ2v) is 9.59. The average Bonchev–Trinajstić information content (AvgIpc) is 3.14. The molecular formula is C25H26F2N8O. The number of hydrogen-bond donors (Lipinski definition) is 2. The molecule has 1 aromatic carbocycles. The van der Waals surface area contributed by atoms with Gasteiger partial charge in [-0.25, -0.2) is 28.1 Å². The molecule has 0 aliphatic carbocycles. The van der Waals surface area contributed by atoms with Crippen LogP contribution in [0.25, 0.3) is 16.9 Å². The largest absolute Gasteiger partial charge is 0.344 e. The van der Waals surface area contributed by atoms with Crippen molar-refractivity contribution in [3.8, 4) is 5.82 Å². The van der Waals surface area contributed by atoms with E-state index in [9.17, 15) is 13.6 Å². The monoisotopic (exact) mass is 492 g/mol. The zero-order valence-corrected chi connectivity index (χ0v) is 20.0. The van der Waals surface area contributed by atoms with Crippen molar-refractivity contribution < 1.29 is 8.78 Å². The fourth-order valence-corrected chi connectivity index (χ4v) is 4.81. The van der Waals surface area contributed by atoms with Crippen LogP contribution in [0.3, 0.4) is 0 Å². The molecule has 0 radical (unpaired) electrons. The molecule has 0 atom stereocenters. The molecular weight excluding hydrogens is 466 g/mol. The fourth-order valence-electron chi connectivity index (χ4n) is 4.81. The second kappa shape index (κ2) is 8.37. The van der Waals surface area contributed by atoms with Crippen LogP contribution in [0, 0.1) is 0 Å². The molecule has 11 heteroatoms. The van der Waals surface area contributed by atoms with Gasteiger partial charge in [-0.2, -0.15) is 4.98 Å². The van der Waals surface area contributed by atoms with E-state index >= 15 is 0 Å². The van der Waals surface area contributed by atoms with Crippen LogP contribution in [0.2, 0.25) is 0 Å². The smallest absolute Gasteiger partial charge is 0.282 e. The minimum Gasteiger partial charge on any atom is -0.344 e. The number of halogens is 2. The number of nitrogens with zero attached hydrogens (tertiary/aromatic N) is 6. The van der Waals surface area contributed by atoms with Gasteiger partial charge in [-0.3, -0.25) is 4.79 Å². The van der Waals surface area contributed by atoms with Gasteiger partial charge in [0.1, 0.15) is 11.2 Å². The molecule has 6 rings (SSSR count). The zero-order chi connectivity index (χ0) is 25.0. The number of benzene rings is 1. The molecule has 4 aromatic rings. The minimum atomic E-state index is -2.71. The van der Waals surface area contributed by atoms with E-state index in [4.69, 9.17) is 0 Å². The first kappa shape index (κ1) is 22.6. The lowest BCUT2D eigenvalue weighted by molar-refractivity contribution is -0.0267. The van der Waals surface area contributed by atoms with Crippen molar-refractivity contribution in [2.45, 2.75) is 38.8 Å². The fraction of sp³-hybridized carbons (Fsp3) is 0.360. The van der Waals surface area contributed by atoms with Gasteiger partial charge in [0.2, 0.25) is 5.95 Å². The Labute approximate surface area is 205 Å². The molecule has 5 heterocycles. The van der Waals surface area contributed by atoms with Crippen molar-refractivity contribution in [3.05, 3.63) is 64.1 Å². The third kappa shape index (κ3) is 3.89. The van der Waals surface area contributed by atoms with Crippen LogP contribution in [-0.4, -0.2) is 49.9 Å². The van der Waals surface area contributed by atoms with Gasteiger partial charge in [0.05, 0.1) is 13.1 Å². The number of anilines is 3. The minimum absolute atomic E-state index is 0.199. The third-order valence-electron chi connectivity index (χ3n) is 6.57. The number of nitrogens with one attached hydrogen (secondary N) is 2. The van der Waals surface area contributed by atoms with E-state index in [2.05, 4.69) is 37.7 Å². The lowest BCUT2D eigenvalue weighted by atomic mass is 10.0. The van der Waals surface area contributed by atoms with Crippen LogP contribution >= 0.6 is 0 Å².